The second-order valence-electron chi connectivity index (χ2n) is 6.51. The zero-order chi connectivity index (χ0) is 18.7. The summed E-state index contributed by atoms with van der Waals surface area (Å²) in [4.78, 5) is 26.6. The van der Waals surface area contributed by atoms with E-state index in [4.69, 9.17) is 10.5 Å². The third kappa shape index (κ3) is 4.71. The van der Waals surface area contributed by atoms with Crippen molar-refractivity contribution in [2.45, 2.75) is 32.4 Å². The smallest absolute Gasteiger partial charge is 0.247 e. The van der Waals surface area contributed by atoms with E-state index in [0.29, 0.717) is 36.5 Å². The minimum absolute atomic E-state index is 0. The van der Waals surface area contributed by atoms with Gasteiger partial charge in [-0.2, -0.15) is 0 Å². The number of nitrogens with two attached hydrogens (primary N) is 1. The summed E-state index contributed by atoms with van der Waals surface area (Å²) in [5.74, 6) is 0.354. The van der Waals surface area contributed by atoms with Gasteiger partial charge in [0.25, 0.3) is 0 Å². The molecule has 3 N–H and O–H groups in total. The van der Waals surface area contributed by atoms with Crippen molar-refractivity contribution in [2.24, 2.45) is 0 Å². The lowest BCUT2D eigenvalue weighted by molar-refractivity contribution is -0.133. The Labute approximate surface area is 165 Å². The van der Waals surface area contributed by atoms with Gasteiger partial charge in [0, 0.05) is 18.7 Å². The molecule has 2 aromatic rings. The number of nitrogens with one attached hydrogen (secondary N) is 1. The monoisotopic (exact) mass is 389 g/mol. The maximum atomic E-state index is 12.7. The van der Waals surface area contributed by atoms with Gasteiger partial charge in [0.05, 0.1) is 12.8 Å². The lowest BCUT2D eigenvalue weighted by Gasteiger charge is -2.24. The van der Waals surface area contributed by atoms with Gasteiger partial charge < -0.3 is 20.7 Å². The van der Waals surface area contributed by atoms with E-state index < -0.39 is 6.04 Å². The Bertz CT molecular complexity index is 824. The molecule has 2 aromatic carbocycles. The number of benzene rings is 2. The highest BCUT2D eigenvalue weighted by molar-refractivity contribution is 5.99. The summed E-state index contributed by atoms with van der Waals surface area (Å²) >= 11 is 0. The van der Waals surface area contributed by atoms with Crippen LogP contribution < -0.4 is 15.8 Å². The van der Waals surface area contributed by atoms with Crippen molar-refractivity contribution in [3.8, 4) is 5.75 Å². The number of anilines is 2. The summed E-state index contributed by atoms with van der Waals surface area (Å²) < 4.78 is 5.12. The molecule has 1 aliphatic rings. The maximum Gasteiger partial charge on any atom is 0.247 e. The van der Waals surface area contributed by atoms with Gasteiger partial charge in [-0.15, -0.1) is 12.4 Å². The fourth-order valence-corrected chi connectivity index (χ4v) is 3.13. The van der Waals surface area contributed by atoms with Crippen LogP contribution in [0.5, 0.6) is 5.75 Å². The van der Waals surface area contributed by atoms with Gasteiger partial charge in [0.1, 0.15) is 11.8 Å². The molecule has 1 saturated heterocycles. The molecule has 0 bridgehead atoms. The molecule has 1 atom stereocenters. The summed E-state index contributed by atoms with van der Waals surface area (Å²) in [5.41, 5.74) is 9.09. The fraction of sp³-hybridized carbons (Fsp3) is 0.300. The molecule has 0 aromatic heterocycles. The van der Waals surface area contributed by atoms with Gasteiger partial charge in [0.2, 0.25) is 11.8 Å². The number of rotatable bonds is 5. The third-order valence-corrected chi connectivity index (χ3v) is 4.60. The molecule has 0 radical (unpaired) electrons. The molecular formula is C20H24ClN3O3. The van der Waals surface area contributed by atoms with E-state index in [2.05, 4.69) is 5.32 Å². The lowest BCUT2D eigenvalue weighted by Crippen LogP contribution is -2.41. The molecule has 3 rings (SSSR count). The van der Waals surface area contributed by atoms with E-state index in [1.165, 1.54) is 7.11 Å². The van der Waals surface area contributed by atoms with Gasteiger partial charge in [-0.1, -0.05) is 29.8 Å². The van der Waals surface area contributed by atoms with E-state index in [1.807, 2.05) is 31.2 Å². The van der Waals surface area contributed by atoms with Crippen LogP contribution in [-0.4, -0.2) is 29.9 Å². The number of likely N-dealkylation sites (tertiary alicyclic amines) is 1. The van der Waals surface area contributed by atoms with Crippen LogP contribution in [0.2, 0.25) is 0 Å². The Morgan fingerprint density at radius 2 is 1.96 bits per heavy atom. The molecule has 1 heterocycles. The largest absolute Gasteiger partial charge is 0.495 e. The number of hydrogen-bond acceptors (Lipinski definition) is 4. The zero-order valence-corrected chi connectivity index (χ0v) is 16.2. The van der Waals surface area contributed by atoms with Crippen LogP contribution in [0.3, 0.4) is 0 Å². The van der Waals surface area contributed by atoms with Crippen molar-refractivity contribution in [2.75, 3.05) is 18.2 Å². The SMILES string of the molecule is COc1ccc(NC(=O)C2CCC(=O)N2Cc2ccc(C)cc2)cc1N.Cl. The molecule has 2 amide bonds. The number of halogens is 1. The van der Waals surface area contributed by atoms with Crippen LogP contribution in [0, 0.1) is 6.92 Å². The molecule has 1 unspecified atom stereocenters. The predicted molar refractivity (Wildman–Crippen MR) is 108 cm³/mol. The molecule has 27 heavy (non-hydrogen) atoms. The number of nitrogens with zero attached hydrogens (tertiary/aromatic N) is 1. The summed E-state index contributed by atoms with van der Waals surface area (Å²) in [7, 11) is 1.54. The lowest BCUT2D eigenvalue weighted by atomic mass is 10.1. The highest BCUT2D eigenvalue weighted by Crippen LogP contribution is 2.27. The second kappa shape index (κ2) is 8.77. The highest BCUT2D eigenvalue weighted by Gasteiger charge is 2.36. The third-order valence-electron chi connectivity index (χ3n) is 4.60. The van der Waals surface area contributed by atoms with E-state index in [-0.39, 0.29) is 24.2 Å². The Balaban J connectivity index is 0.00000261. The first kappa shape index (κ1) is 20.6. The fourth-order valence-electron chi connectivity index (χ4n) is 3.13. The molecule has 7 heteroatoms. The number of aryl methyl sites for hydroxylation is 1. The van der Waals surface area contributed by atoms with Crippen LogP contribution in [0.15, 0.2) is 42.5 Å². The molecule has 1 fully saturated rings. The van der Waals surface area contributed by atoms with E-state index >= 15 is 0 Å². The van der Waals surface area contributed by atoms with Crippen LogP contribution in [0.4, 0.5) is 11.4 Å². The zero-order valence-electron chi connectivity index (χ0n) is 15.4. The van der Waals surface area contributed by atoms with Crippen molar-refractivity contribution in [1.29, 1.82) is 0 Å². The van der Waals surface area contributed by atoms with Crippen LogP contribution in [-0.2, 0) is 16.1 Å². The molecular weight excluding hydrogens is 366 g/mol. The molecule has 144 valence electrons. The van der Waals surface area contributed by atoms with Crippen LogP contribution >= 0.6 is 12.4 Å². The quantitative estimate of drug-likeness (QED) is 0.769. The summed E-state index contributed by atoms with van der Waals surface area (Å²) in [6.07, 6.45) is 0.900. The van der Waals surface area contributed by atoms with Gasteiger partial charge in [-0.3, -0.25) is 9.59 Å². The maximum absolute atomic E-state index is 12.7. The molecule has 0 saturated carbocycles. The number of amides is 2. The van der Waals surface area contributed by atoms with Gasteiger partial charge in [0.15, 0.2) is 0 Å². The standard InChI is InChI=1S/C20H23N3O3.ClH/c1-13-3-5-14(6-4-13)12-23-17(8-10-19(23)24)20(25)22-15-7-9-18(26-2)16(21)11-15;/h3-7,9,11,17H,8,10,12,21H2,1-2H3,(H,22,25);1H. The average molecular weight is 390 g/mol. The van der Waals surface area contributed by atoms with Crippen molar-refractivity contribution in [3.63, 3.8) is 0 Å². The number of ether oxygens (including phenoxy) is 1. The molecule has 0 aliphatic carbocycles. The van der Waals surface area contributed by atoms with E-state index in [9.17, 15) is 9.59 Å². The first-order valence-corrected chi connectivity index (χ1v) is 8.57. The number of carbonyl (C=O) groups is 2. The Morgan fingerprint density at radius 3 is 2.59 bits per heavy atom. The van der Waals surface area contributed by atoms with Crippen molar-refractivity contribution in [1.82, 2.24) is 4.90 Å². The second-order valence-corrected chi connectivity index (χ2v) is 6.51. The number of methoxy groups -OCH3 is 1. The number of carbonyl (C=O) groups excluding carboxylic acids is 2. The first-order valence-electron chi connectivity index (χ1n) is 8.57. The van der Waals surface area contributed by atoms with E-state index in [1.54, 1.807) is 23.1 Å². The Kier molecular flexibility index (Phi) is 6.69. The Morgan fingerprint density at radius 1 is 1.26 bits per heavy atom. The highest BCUT2D eigenvalue weighted by atomic mass is 35.5. The molecule has 0 spiro atoms. The van der Waals surface area contributed by atoms with Gasteiger partial charge in [-0.25, -0.2) is 0 Å². The summed E-state index contributed by atoms with van der Waals surface area (Å²) in [6, 6.07) is 12.6. The van der Waals surface area contributed by atoms with Gasteiger partial charge >= 0.3 is 0 Å². The minimum atomic E-state index is -0.480. The van der Waals surface area contributed by atoms with Crippen molar-refractivity contribution < 1.29 is 14.3 Å². The topological polar surface area (TPSA) is 84.7 Å². The average Bonchev–Trinajstić information content (AvgIpc) is 2.98. The van der Waals surface area contributed by atoms with Gasteiger partial charge in [-0.05, 0) is 37.1 Å². The summed E-state index contributed by atoms with van der Waals surface area (Å²) in [6.45, 7) is 2.45. The number of hydrogen-bond donors (Lipinski definition) is 2. The molecule has 6 nitrogen and oxygen atoms in total. The minimum Gasteiger partial charge on any atom is -0.495 e. The first-order chi connectivity index (χ1) is 12.5. The molecule has 1 aliphatic heterocycles. The van der Waals surface area contributed by atoms with E-state index in [0.717, 1.165) is 11.1 Å². The van der Waals surface area contributed by atoms with Crippen LogP contribution in [0.25, 0.3) is 0 Å². The van der Waals surface area contributed by atoms with Crippen molar-refractivity contribution >= 4 is 35.6 Å². The van der Waals surface area contributed by atoms with Crippen LogP contribution in [0.1, 0.15) is 24.0 Å². The Hall–Kier alpha value is -2.73. The normalized spacial score (nSPS) is 16.0. The number of nitrogen functional groups attached to an aromatic ring is 1. The van der Waals surface area contributed by atoms with Crippen molar-refractivity contribution in [3.05, 3.63) is 53.6 Å². The summed E-state index contributed by atoms with van der Waals surface area (Å²) in [5, 5.41) is 2.85. The predicted octanol–water partition coefficient (Wildman–Crippen LogP) is 3.14.